The molecule has 3 aromatic rings. The smallest absolute Gasteiger partial charge is 0.315 e. The minimum Gasteiger partial charge on any atom is -0.379 e. The van der Waals surface area contributed by atoms with Crippen LogP contribution in [0.4, 0.5) is 15.6 Å². The molecule has 0 radical (unpaired) electrons. The highest BCUT2D eigenvalue weighted by Gasteiger charge is 2.42. The van der Waals surface area contributed by atoms with E-state index >= 15 is 0 Å². The lowest BCUT2D eigenvalue weighted by atomic mass is 9.98. The van der Waals surface area contributed by atoms with E-state index in [0.29, 0.717) is 80.8 Å². The lowest BCUT2D eigenvalue weighted by Gasteiger charge is -2.34. The number of nitrogens with one attached hydrogen (secondary N) is 3. The predicted octanol–water partition coefficient (Wildman–Crippen LogP) is 6.18. The third-order valence-electron chi connectivity index (χ3n) is 10.4. The number of rotatable bonds is 23. The molecular weight excluding hydrogens is 753 g/mol. The summed E-state index contributed by atoms with van der Waals surface area (Å²) in [7, 11) is 0. The number of aromatic nitrogens is 2. The Kier molecular flexibility index (Phi) is 16.4. The molecule has 3 amide bonds. The third kappa shape index (κ3) is 12.4. The number of fused-ring (bicyclic) bond motifs is 1. The van der Waals surface area contributed by atoms with Gasteiger partial charge in [0.05, 0.1) is 63.5 Å². The molecule has 0 spiro atoms. The number of amides is 3. The van der Waals surface area contributed by atoms with Crippen molar-refractivity contribution in [2.24, 2.45) is 0 Å². The summed E-state index contributed by atoms with van der Waals surface area (Å²) in [6, 6.07) is 8.27. The first-order chi connectivity index (χ1) is 27.3. The van der Waals surface area contributed by atoms with Crippen LogP contribution in [0.15, 0.2) is 42.0 Å². The number of benzene rings is 1. The normalized spacial score (nSPS) is 19.5. The fraction of sp³-hybridized carbons (Fsp3) is 0.585. The number of Topliss-reactive ketones (excluding diaryl/α,β-unsaturated/α-hetero) is 1. The molecule has 56 heavy (non-hydrogen) atoms. The Balaban J connectivity index is 0.743. The molecule has 304 valence electrons. The number of ketones is 1. The molecule has 3 N–H and O–H groups in total. The maximum absolute atomic E-state index is 12.6. The van der Waals surface area contributed by atoms with Gasteiger partial charge in [0.1, 0.15) is 5.78 Å². The number of unbranched alkanes of at least 4 members (excludes halogenated alkanes) is 1. The summed E-state index contributed by atoms with van der Waals surface area (Å²) in [5.41, 5.74) is 6.04. The molecule has 13 nitrogen and oxygen atoms in total. The number of pyridine rings is 1. The summed E-state index contributed by atoms with van der Waals surface area (Å²) in [5.74, 6) is 1.07. The van der Waals surface area contributed by atoms with Gasteiger partial charge in [-0.1, -0.05) is 6.42 Å². The fourth-order valence-corrected chi connectivity index (χ4v) is 9.79. The molecule has 15 heteroatoms. The standard InChI is InChI=1S/C41H56N6O7S2/c1-28-24-31(25-29(2)37(28)34-26-56-41(44-34)46-39(49)30-9-13-42-14-10-30)47-15-11-33(12-16-47)54-23-22-53-21-20-52-19-18-51-17-5-7-32(48)6-3-4-8-36-38-35(27-55-36)43-40(50)45-38/h9-10,13-14,24-26,33,35-36,38H,3-8,11-12,15-23,27H2,1-2H3,(H2,43,45,50)(H,44,46,49)/t35-,36-,38-/m0/s1. The lowest BCUT2D eigenvalue weighted by Crippen LogP contribution is -2.37. The molecule has 3 atom stereocenters. The minimum atomic E-state index is -0.199. The van der Waals surface area contributed by atoms with Crippen LogP contribution in [0.2, 0.25) is 0 Å². The number of urea groups is 1. The molecule has 0 unspecified atom stereocenters. The average molecular weight is 809 g/mol. The first kappa shape index (κ1) is 42.0. The second kappa shape index (κ2) is 21.8. The number of anilines is 2. The van der Waals surface area contributed by atoms with E-state index in [-0.39, 0.29) is 30.1 Å². The maximum Gasteiger partial charge on any atom is 0.315 e. The number of thioether (sulfide) groups is 1. The fourth-order valence-electron chi connectivity index (χ4n) is 7.55. The van der Waals surface area contributed by atoms with Gasteiger partial charge in [-0.3, -0.25) is 19.9 Å². The zero-order valence-electron chi connectivity index (χ0n) is 32.6. The van der Waals surface area contributed by atoms with E-state index in [1.165, 1.54) is 17.0 Å². The van der Waals surface area contributed by atoms with Crippen LogP contribution in [0.25, 0.3) is 11.3 Å². The van der Waals surface area contributed by atoms with Gasteiger partial charge < -0.3 is 34.5 Å². The van der Waals surface area contributed by atoms with Gasteiger partial charge in [-0.2, -0.15) is 11.8 Å². The van der Waals surface area contributed by atoms with E-state index in [9.17, 15) is 14.4 Å². The number of carbonyl (C=O) groups excluding carboxylic acids is 3. The second-order valence-corrected chi connectivity index (χ2v) is 16.7. The molecule has 0 saturated carbocycles. The lowest BCUT2D eigenvalue weighted by molar-refractivity contribution is -0.119. The summed E-state index contributed by atoms with van der Waals surface area (Å²) < 4.78 is 23.1. The van der Waals surface area contributed by atoms with Crippen molar-refractivity contribution in [2.75, 3.05) is 75.3 Å². The first-order valence-electron chi connectivity index (χ1n) is 19.9. The molecule has 5 heterocycles. The monoisotopic (exact) mass is 808 g/mol. The average Bonchev–Trinajstić information content (AvgIpc) is 3.92. The zero-order valence-corrected chi connectivity index (χ0v) is 34.2. The van der Waals surface area contributed by atoms with Crippen molar-refractivity contribution < 1.29 is 33.3 Å². The number of nitrogens with zero attached hydrogens (tertiary/aromatic N) is 3. The number of hydrogen-bond donors (Lipinski definition) is 3. The highest BCUT2D eigenvalue weighted by molar-refractivity contribution is 8.00. The molecule has 1 aromatic carbocycles. The highest BCUT2D eigenvalue weighted by atomic mass is 32.2. The molecule has 6 rings (SSSR count). The summed E-state index contributed by atoms with van der Waals surface area (Å²) in [6.45, 7) is 9.80. The summed E-state index contributed by atoms with van der Waals surface area (Å²) >= 11 is 3.34. The maximum atomic E-state index is 12.6. The van der Waals surface area contributed by atoms with Crippen molar-refractivity contribution in [1.29, 1.82) is 0 Å². The topological polar surface area (TPSA) is 153 Å². The van der Waals surface area contributed by atoms with Crippen molar-refractivity contribution in [3.8, 4) is 11.3 Å². The number of aryl methyl sites for hydroxylation is 2. The van der Waals surface area contributed by atoms with E-state index in [2.05, 4.69) is 51.8 Å². The number of hydrogen-bond acceptors (Lipinski definition) is 12. The Morgan fingerprint density at radius 3 is 2.30 bits per heavy atom. The van der Waals surface area contributed by atoms with Gasteiger partial charge in [0.15, 0.2) is 5.13 Å². The summed E-state index contributed by atoms with van der Waals surface area (Å²) in [5, 5.41) is 11.9. The zero-order chi connectivity index (χ0) is 39.1. The highest BCUT2D eigenvalue weighted by Crippen LogP contribution is 2.35. The van der Waals surface area contributed by atoms with E-state index < -0.39 is 0 Å². The Morgan fingerprint density at radius 1 is 0.893 bits per heavy atom. The van der Waals surface area contributed by atoms with Gasteiger partial charge in [0.25, 0.3) is 5.91 Å². The molecular formula is C41H56N6O7S2. The Morgan fingerprint density at radius 2 is 1.57 bits per heavy atom. The van der Waals surface area contributed by atoms with Gasteiger partial charge in [-0.05, 0) is 81.3 Å². The number of piperidine rings is 1. The molecule has 0 bridgehead atoms. The Bertz CT molecular complexity index is 1700. The summed E-state index contributed by atoms with van der Waals surface area (Å²) in [4.78, 5) is 47.4. The molecule has 2 aromatic heterocycles. The number of carbonyl (C=O) groups is 3. The van der Waals surface area contributed by atoms with Crippen molar-refractivity contribution in [3.63, 3.8) is 0 Å². The largest absolute Gasteiger partial charge is 0.379 e. The van der Waals surface area contributed by atoms with Gasteiger partial charge in [-0.25, -0.2) is 9.78 Å². The molecule has 0 aliphatic carbocycles. The molecule has 3 aliphatic heterocycles. The van der Waals surface area contributed by atoms with E-state index in [4.69, 9.17) is 23.9 Å². The van der Waals surface area contributed by atoms with Crippen LogP contribution < -0.4 is 20.9 Å². The predicted molar refractivity (Wildman–Crippen MR) is 221 cm³/mol. The van der Waals surface area contributed by atoms with Crippen LogP contribution in [0.1, 0.15) is 72.9 Å². The second-order valence-electron chi connectivity index (χ2n) is 14.6. The minimum absolute atomic E-state index is 0.0487. The van der Waals surface area contributed by atoms with Crippen LogP contribution in [0, 0.1) is 13.8 Å². The Labute approximate surface area is 338 Å². The van der Waals surface area contributed by atoms with Crippen LogP contribution in [-0.4, -0.2) is 116 Å². The van der Waals surface area contributed by atoms with Gasteiger partial charge in [-0.15, -0.1) is 11.3 Å². The van der Waals surface area contributed by atoms with Crippen molar-refractivity contribution in [1.82, 2.24) is 20.6 Å². The van der Waals surface area contributed by atoms with Crippen LogP contribution in [0.3, 0.4) is 0 Å². The van der Waals surface area contributed by atoms with E-state index in [1.54, 1.807) is 24.5 Å². The van der Waals surface area contributed by atoms with Crippen molar-refractivity contribution in [3.05, 3.63) is 58.7 Å². The first-order valence-corrected chi connectivity index (χ1v) is 21.9. The van der Waals surface area contributed by atoms with Crippen molar-refractivity contribution >= 4 is 51.6 Å². The van der Waals surface area contributed by atoms with Crippen molar-refractivity contribution in [2.45, 2.75) is 88.7 Å². The molecule has 3 aliphatic rings. The van der Waals surface area contributed by atoms with Gasteiger partial charge in [0.2, 0.25) is 0 Å². The van der Waals surface area contributed by atoms with Crippen LogP contribution in [-0.2, 0) is 23.7 Å². The van der Waals surface area contributed by atoms with Crippen LogP contribution in [0.5, 0.6) is 0 Å². The van der Waals surface area contributed by atoms with E-state index in [0.717, 1.165) is 79.8 Å². The van der Waals surface area contributed by atoms with E-state index in [1.807, 2.05) is 17.1 Å². The van der Waals surface area contributed by atoms with Crippen LogP contribution >= 0.6 is 23.1 Å². The Hall–Kier alpha value is -3.60. The SMILES string of the molecule is Cc1cc(N2CCC(OCCOCCOCCOCCCC(=O)CCCC[C@@H]3SC[C@@H]4NC(=O)N[C@@H]43)CC2)cc(C)c1-c1csc(NC(=O)c2ccncc2)n1. The number of thiazole rings is 1. The number of ether oxygens (including phenoxy) is 4. The summed E-state index contributed by atoms with van der Waals surface area (Å²) in [6.07, 6.45) is 10.2. The molecule has 3 fully saturated rings. The third-order valence-corrected chi connectivity index (χ3v) is 12.7. The van der Waals surface area contributed by atoms with Gasteiger partial charge >= 0.3 is 6.03 Å². The van der Waals surface area contributed by atoms with Gasteiger partial charge in [0, 0.05) is 78.1 Å². The molecule has 3 saturated heterocycles. The quantitative estimate of drug-likeness (QED) is 0.0744.